The fourth-order valence-corrected chi connectivity index (χ4v) is 3.09. The van der Waals surface area contributed by atoms with Gasteiger partial charge in [0.1, 0.15) is 0 Å². The predicted molar refractivity (Wildman–Crippen MR) is 82.6 cm³/mol. The van der Waals surface area contributed by atoms with E-state index >= 15 is 0 Å². The first-order valence-corrected chi connectivity index (χ1v) is 7.70. The lowest BCUT2D eigenvalue weighted by Crippen LogP contribution is -2.20. The molecule has 21 heavy (non-hydrogen) atoms. The van der Waals surface area contributed by atoms with E-state index in [0.29, 0.717) is 23.0 Å². The van der Waals surface area contributed by atoms with Crippen LogP contribution in [0.15, 0.2) is 28.8 Å². The molecule has 1 heterocycles. The van der Waals surface area contributed by atoms with E-state index in [4.69, 9.17) is 10.3 Å². The maximum Gasteiger partial charge on any atom is 0.240 e. The Hall–Kier alpha value is -1.68. The average Bonchev–Trinajstić information content (AvgIpc) is 2.96. The summed E-state index contributed by atoms with van der Waals surface area (Å²) in [5.41, 5.74) is 8.41. The number of rotatable bonds is 3. The van der Waals surface area contributed by atoms with Gasteiger partial charge in [0.15, 0.2) is 0 Å². The zero-order chi connectivity index (χ0) is 14.9. The fourth-order valence-electron chi connectivity index (χ4n) is 3.09. The molecule has 4 nitrogen and oxygen atoms in total. The Morgan fingerprint density at radius 3 is 2.43 bits per heavy atom. The Labute approximate surface area is 125 Å². The molecule has 0 amide bonds. The molecular weight excluding hydrogens is 262 g/mol. The Kier molecular flexibility index (Phi) is 3.81. The summed E-state index contributed by atoms with van der Waals surface area (Å²) in [5, 5.41) is 3.95. The molecule has 1 aliphatic carbocycles. The van der Waals surface area contributed by atoms with Crippen molar-refractivity contribution in [2.45, 2.75) is 52.0 Å². The number of hydrogen-bond acceptors (Lipinski definition) is 4. The van der Waals surface area contributed by atoms with Gasteiger partial charge in [-0.2, -0.15) is 4.98 Å². The highest BCUT2D eigenvalue weighted by atomic mass is 16.5. The predicted octanol–water partition coefficient (Wildman–Crippen LogP) is 3.88. The standard InChI is InChI=1S/C17H23N3O/c1-17(2)9-7-13(8-10-17)12-3-5-14(6-4-12)16-19-15(11-18)21-20-16/h3-6,13H,7-11,18H2,1-2H3. The van der Waals surface area contributed by atoms with Gasteiger partial charge < -0.3 is 10.3 Å². The molecule has 1 aromatic carbocycles. The van der Waals surface area contributed by atoms with Crippen molar-refractivity contribution in [1.82, 2.24) is 10.1 Å². The van der Waals surface area contributed by atoms with Gasteiger partial charge in [0, 0.05) is 5.56 Å². The van der Waals surface area contributed by atoms with Crippen LogP contribution in [0.2, 0.25) is 0 Å². The van der Waals surface area contributed by atoms with Crippen LogP contribution >= 0.6 is 0 Å². The molecule has 1 aromatic heterocycles. The minimum Gasteiger partial charge on any atom is -0.338 e. The van der Waals surface area contributed by atoms with Gasteiger partial charge in [-0.05, 0) is 42.6 Å². The lowest BCUT2D eigenvalue weighted by atomic mass is 9.71. The second-order valence-electron chi connectivity index (χ2n) is 6.78. The molecule has 3 rings (SSSR count). The SMILES string of the molecule is CC1(C)CCC(c2ccc(-c3noc(CN)n3)cc2)CC1. The van der Waals surface area contributed by atoms with Crippen molar-refractivity contribution in [3.05, 3.63) is 35.7 Å². The molecule has 2 N–H and O–H groups in total. The molecule has 0 radical (unpaired) electrons. The number of benzene rings is 1. The van der Waals surface area contributed by atoms with E-state index in [1.165, 1.54) is 31.2 Å². The Balaban J connectivity index is 1.72. The number of nitrogens with zero attached hydrogens (tertiary/aromatic N) is 2. The second kappa shape index (κ2) is 5.60. The molecule has 0 saturated heterocycles. The van der Waals surface area contributed by atoms with Gasteiger partial charge in [0.25, 0.3) is 0 Å². The lowest BCUT2D eigenvalue weighted by Gasteiger charge is -2.34. The van der Waals surface area contributed by atoms with E-state index in [9.17, 15) is 0 Å². The third-order valence-corrected chi connectivity index (χ3v) is 4.62. The van der Waals surface area contributed by atoms with Crippen LogP contribution in [-0.4, -0.2) is 10.1 Å². The first-order chi connectivity index (χ1) is 10.1. The summed E-state index contributed by atoms with van der Waals surface area (Å²) in [5.74, 6) is 1.78. The highest BCUT2D eigenvalue weighted by molar-refractivity contribution is 5.54. The molecule has 1 saturated carbocycles. The summed E-state index contributed by atoms with van der Waals surface area (Å²) in [6.07, 6.45) is 5.19. The molecule has 0 bridgehead atoms. The van der Waals surface area contributed by atoms with Crippen LogP contribution < -0.4 is 5.73 Å². The topological polar surface area (TPSA) is 64.9 Å². The first kappa shape index (κ1) is 14.3. The summed E-state index contributed by atoms with van der Waals surface area (Å²) in [7, 11) is 0. The number of aromatic nitrogens is 2. The molecule has 0 unspecified atom stereocenters. The Morgan fingerprint density at radius 1 is 1.19 bits per heavy atom. The molecule has 1 aliphatic rings. The maximum absolute atomic E-state index is 5.49. The highest BCUT2D eigenvalue weighted by Crippen LogP contribution is 2.42. The summed E-state index contributed by atoms with van der Waals surface area (Å²) in [4.78, 5) is 4.26. The van der Waals surface area contributed by atoms with Gasteiger partial charge in [-0.25, -0.2) is 0 Å². The first-order valence-electron chi connectivity index (χ1n) is 7.70. The highest BCUT2D eigenvalue weighted by Gasteiger charge is 2.27. The lowest BCUT2D eigenvalue weighted by molar-refractivity contribution is 0.224. The zero-order valence-electron chi connectivity index (χ0n) is 12.8. The Morgan fingerprint density at radius 2 is 1.86 bits per heavy atom. The quantitative estimate of drug-likeness (QED) is 0.929. The number of nitrogens with two attached hydrogens (primary N) is 1. The van der Waals surface area contributed by atoms with Crippen LogP contribution in [0, 0.1) is 5.41 Å². The van der Waals surface area contributed by atoms with E-state index in [1.807, 2.05) is 0 Å². The molecule has 2 aromatic rings. The van der Waals surface area contributed by atoms with Gasteiger partial charge in [0.05, 0.1) is 6.54 Å². The molecule has 0 atom stereocenters. The summed E-state index contributed by atoms with van der Waals surface area (Å²) >= 11 is 0. The van der Waals surface area contributed by atoms with Crippen LogP contribution in [0.1, 0.15) is 56.9 Å². The van der Waals surface area contributed by atoms with Gasteiger partial charge in [-0.15, -0.1) is 0 Å². The third kappa shape index (κ3) is 3.16. The second-order valence-corrected chi connectivity index (χ2v) is 6.78. The summed E-state index contributed by atoms with van der Waals surface area (Å²) < 4.78 is 5.05. The molecule has 0 spiro atoms. The minimum absolute atomic E-state index is 0.281. The van der Waals surface area contributed by atoms with E-state index in [2.05, 4.69) is 48.3 Å². The fraction of sp³-hybridized carbons (Fsp3) is 0.529. The van der Waals surface area contributed by atoms with Crippen molar-refractivity contribution in [1.29, 1.82) is 0 Å². The van der Waals surface area contributed by atoms with Gasteiger partial charge in [-0.3, -0.25) is 0 Å². The smallest absolute Gasteiger partial charge is 0.240 e. The molecule has 4 heteroatoms. The molecular formula is C17H23N3O. The molecule has 112 valence electrons. The largest absolute Gasteiger partial charge is 0.338 e. The van der Waals surface area contributed by atoms with Crippen molar-refractivity contribution >= 4 is 0 Å². The van der Waals surface area contributed by atoms with Crippen LogP contribution in [0.4, 0.5) is 0 Å². The minimum atomic E-state index is 0.281. The van der Waals surface area contributed by atoms with Crippen molar-refractivity contribution in [3.8, 4) is 11.4 Å². The van der Waals surface area contributed by atoms with Gasteiger partial charge >= 0.3 is 0 Å². The van der Waals surface area contributed by atoms with E-state index < -0.39 is 0 Å². The number of hydrogen-bond donors (Lipinski definition) is 1. The van der Waals surface area contributed by atoms with Gasteiger partial charge in [0.2, 0.25) is 11.7 Å². The van der Waals surface area contributed by atoms with Gasteiger partial charge in [-0.1, -0.05) is 43.3 Å². The van der Waals surface area contributed by atoms with E-state index in [0.717, 1.165) is 5.56 Å². The van der Waals surface area contributed by atoms with Crippen molar-refractivity contribution in [3.63, 3.8) is 0 Å². The summed E-state index contributed by atoms with van der Waals surface area (Å²) in [6.45, 7) is 5.03. The van der Waals surface area contributed by atoms with Crippen LogP contribution in [0.5, 0.6) is 0 Å². The van der Waals surface area contributed by atoms with Crippen LogP contribution in [0.3, 0.4) is 0 Å². The van der Waals surface area contributed by atoms with Crippen molar-refractivity contribution < 1.29 is 4.52 Å². The van der Waals surface area contributed by atoms with Crippen molar-refractivity contribution in [2.24, 2.45) is 11.1 Å². The maximum atomic E-state index is 5.49. The average molecular weight is 285 g/mol. The zero-order valence-corrected chi connectivity index (χ0v) is 12.8. The summed E-state index contributed by atoms with van der Waals surface area (Å²) in [6, 6.07) is 8.58. The normalized spacial score (nSPS) is 18.8. The van der Waals surface area contributed by atoms with E-state index in [-0.39, 0.29) is 6.54 Å². The molecule has 1 fully saturated rings. The van der Waals surface area contributed by atoms with E-state index in [1.54, 1.807) is 0 Å². The van der Waals surface area contributed by atoms with Crippen LogP contribution in [-0.2, 0) is 6.54 Å². The molecule has 0 aliphatic heterocycles. The van der Waals surface area contributed by atoms with Crippen LogP contribution in [0.25, 0.3) is 11.4 Å². The third-order valence-electron chi connectivity index (χ3n) is 4.62. The monoisotopic (exact) mass is 285 g/mol. The Bertz CT molecular complexity index is 591. The van der Waals surface area contributed by atoms with Crippen molar-refractivity contribution in [2.75, 3.05) is 0 Å².